The van der Waals surface area contributed by atoms with E-state index in [2.05, 4.69) is 79.9 Å². The van der Waals surface area contributed by atoms with Gasteiger partial charge in [-0.25, -0.2) is 0 Å². The normalized spacial score (nSPS) is 14.6. The molecular weight excluding hydrogens is 828 g/mol. The van der Waals surface area contributed by atoms with E-state index in [1.54, 1.807) is 6.08 Å². The lowest BCUT2D eigenvalue weighted by atomic mass is 10.0. The first-order chi connectivity index (χ1) is 31.5. The molecule has 0 saturated carbocycles. The third-order valence-electron chi connectivity index (χ3n) is 11.6. The first kappa shape index (κ1) is 62.9. The van der Waals surface area contributed by atoms with Crippen molar-refractivity contribution in [1.82, 2.24) is 5.32 Å². The zero-order valence-electron chi connectivity index (χ0n) is 42.9. The van der Waals surface area contributed by atoms with Crippen LogP contribution in [0, 0.1) is 0 Å². The zero-order valence-corrected chi connectivity index (χ0v) is 43.8. The lowest BCUT2D eigenvalue weighted by molar-refractivity contribution is -0.870. The van der Waals surface area contributed by atoms with Crippen molar-refractivity contribution in [1.29, 1.82) is 0 Å². The molecule has 65 heavy (non-hydrogen) atoms. The summed E-state index contributed by atoms with van der Waals surface area (Å²) in [5.41, 5.74) is 0. The summed E-state index contributed by atoms with van der Waals surface area (Å²) < 4.78 is 23.2. The molecule has 3 unspecified atom stereocenters. The number of nitrogens with one attached hydrogen (secondary N) is 1. The van der Waals surface area contributed by atoms with Crippen LogP contribution < -0.4 is 10.2 Å². The summed E-state index contributed by atoms with van der Waals surface area (Å²) in [5, 5.41) is 13.8. The van der Waals surface area contributed by atoms with Crippen molar-refractivity contribution >= 4 is 13.7 Å². The van der Waals surface area contributed by atoms with E-state index in [-0.39, 0.29) is 12.5 Å². The van der Waals surface area contributed by atoms with Crippen LogP contribution in [-0.2, 0) is 18.4 Å². The molecule has 0 radical (unpaired) electrons. The Bertz CT molecular complexity index is 1290. The minimum Gasteiger partial charge on any atom is -0.756 e. The van der Waals surface area contributed by atoms with E-state index in [0.29, 0.717) is 17.4 Å². The topological polar surface area (TPSA) is 108 Å². The number of aliphatic hydroxyl groups excluding tert-OH is 1. The lowest BCUT2D eigenvalue weighted by Gasteiger charge is -2.29. The number of hydrogen-bond donors (Lipinski definition) is 2. The van der Waals surface area contributed by atoms with Crippen molar-refractivity contribution in [3.05, 3.63) is 72.9 Å². The fourth-order valence-corrected chi connectivity index (χ4v) is 8.08. The van der Waals surface area contributed by atoms with Gasteiger partial charge in [-0.3, -0.25) is 9.36 Å². The molecule has 3 atom stereocenters. The van der Waals surface area contributed by atoms with Crippen molar-refractivity contribution in [3.8, 4) is 0 Å². The minimum atomic E-state index is -4.60. The van der Waals surface area contributed by atoms with E-state index in [9.17, 15) is 19.4 Å². The summed E-state index contributed by atoms with van der Waals surface area (Å²) in [6, 6.07) is -0.911. The van der Waals surface area contributed by atoms with Gasteiger partial charge in [0.15, 0.2) is 0 Å². The molecule has 1 amide bonds. The van der Waals surface area contributed by atoms with Crippen molar-refractivity contribution in [2.24, 2.45) is 0 Å². The van der Waals surface area contributed by atoms with Gasteiger partial charge in [0, 0.05) is 6.42 Å². The number of rotatable bonds is 48. The summed E-state index contributed by atoms with van der Waals surface area (Å²) in [6.45, 7) is 4.55. The Morgan fingerprint density at radius 1 is 0.538 bits per heavy atom. The SMILES string of the molecule is CCCC/C=C/CC/C=C/CC/C=C/C(O)C(COP(=O)([O-])OCC[N+](C)(C)C)NC(=O)CCCCCCCCCCCCCCCCCC/C=C\C/C=C\C/C=C\CCCCCCC. The van der Waals surface area contributed by atoms with Gasteiger partial charge in [-0.1, -0.05) is 215 Å². The average Bonchev–Trinajstić information content (AvgIpc) is 3.26. The van der Waals surface area contributed by atoms with Gasteiger partial charge >= 0.3 is 0 Å². The fraction of sp³-hybridized carbons (Fsp3) is 0.768. The number of nitrogens with zero attached hydrogens (tertiary/aromatic N) is 1. The van der Waals surface area contributed by atoms with Gasteiger partial charge in [0.1, 0.15) is 13.2 Å². The molecule has 378 valence electrons. The molecule has 0 fully saturated rings. The zero-order chi connectivity index (χ0) is 47.8. The second-order valence-electron chi connectivity index (χ2n) is 19.2. The van der Waals surface area contributed by atoms with Crippen LogP contribution in [-0.4, -0.2) is 68.5 Å². The van der Waals surface area contributed by atoms with Crippen LogP contribution in [0.25, 0.3) is 0 Å². The summed E-state index contributed by atoms with van der Waals surface area (Å²) in [5.74, 6) is -0.214. The Balaban J connectivity index is 4.10. The van der Waals surface area contributed by atoms with E-state index in [1.807, 2.05) is 27.2 Å². The number of hydrogen-bond acceptors (Lipinski definition) is 6. The number of phosphoric ester groups is 1. The Hall–Kier alpha value is -2.06. The summed E-state index contributed by atoms with van der Waals surface area (Å²) in [4.78, 5) is 25.4. The molecule has 0 aromatic rings. The average molecular weight is 931 g/mol. The van der Waals surface area contributed by atoms with Crippen LogP contribution in [0.4, 0.5) is 0 Å². The Labute approximate surface area is 402 Å². The molecule has 0 aliphatic carbocycles. The summed E-state index contributed by atoms with van der Waals surface area (Å²) >= 11 is 0. The predicted octanol–water partition coefficient (Wildman–Crippen LogP) is 15.3. The van der Waals surface area contributed by atoms with Crippen LogP contribution in [0.2, 0.25) is 0 Å². The third kappa shape index (κ3) is 49.7. The second kappa shape index (κ2) is 47.0. The standard InChI is InChI=1S/C56H103N2O6P/c1-6-8-10-12-14-16-18-20-21-22-23-24-25-26-27-28-29-30-31-32-33-34-35-36-37-38-40-42-44-46-48-50-56(60)57-54(53-64-65(61,62)63-52-51-58(3,4)5)55(59)49-47-45-43-41-39-19-17-15-13-11-9-7-2/h13,15,18,20,22-23,25-26,39,41,47,49,54-55,59H,6-12,14,16-17,19,21,24,27-38,40,42-46,48,50-53H2,1-5H3,(H-,57,60,61,62)/b15-13+,20-18-,23-22-,26-25-,41-39+,49-47+. The van der Waals surface area contributed by atoms with Crippen LogP contribution in [0.15, 0.2) is 72.9 Å². The maximum absolute atomic E-state index is 12.9. The molecule has 0 heterocycles. The molecule has 2 N–H and O–H groups in total. The van der Waals surface area contributed by atoms with E-state index in [0.717, 1.165) is 64.2 Å². The van der Waals surface area contributed by atoms with Gasteiger partial charge in [0.25, 0.3) is 7.82 Å². The highest BCUT2D eigenvalue weighted by Gasteiger charge is 2.23. The van der Waals surface area contributed by atoms with Crippen LogP contribution in [0.3, 0.4) is 0 Å². The highest BCUT2D eigenvalue weighted by atomic mass is 31.2. The number of likely N-dealkylation sites (N-methyl/N-ethyl adjacent to an activating group) is 1. The second-order valence-corrected chi connectivity index (χ2v) is 20.6. The Morgan fingerprint density at radius 3 is 1.40 bits per heavy atom. The third-order valence-corrected chi connectivity index (χ3v) is 12.6. The molecule has 9 heteroatoms. The number of carbonyl (C=O) groups is 1. The monoisotopic (exact) mass is 931 g/mol. The van der Waals surface area contributed by atoms with Gasteiger partial charge in [-0.05, 0) is 77.0 Å². The van der Waals surface area contributed by atoms with E-state index >= 15 is 0 Å². The lowest BCUT2D eigenvalue weighted by Crippen LogP contribution is -2.45. The van der Waals surface area contributed by atoms with Gasteiger partial charge in [-0.15, -0.1) is 0 Å². The number of amides is 1. The number of quaternary nitrogens is 1. The fourth-order valence-electron chi connectivity index (χ4n) is 7.35. The van der Waals surface area contributed by atoms with Gasteiger partial charge in [0.05, 0.1) is 39.9 Å². The number of phosphoric acid groups is 1. The summed E-state index contributed by atoms with van der Waals surface area (Å²) in [6.07, 6.45) is 64.1. The Morgan fingerprint density at radius 2 is 0.923 bits per heavy atom. The van der Waals surface area contributed by atoms with Crippen LogP contribution in [0.1, 0.15) is 226 Å². The highest BCUT2D eigenvalue weighted by molar-refractivity contribution is 7.45. The van der Waals surface area contributed by atoms with Crippen LogP contribution in [0.5, 0.6) is 0 Å². The Kier molecular flexibility index (Phi) is 45.5. The number of aliphatic hydroxyl groups is 1. The van der Waals surface area contributed by atoms with Crippen molar-refractivity contribution in [2.45, 2.75) is 238 Å². The van der Waals surface area contributed by atoms with Crippen molar-refractivity contribution in [3.63, 3.8) is 0 Å². The van der Waals surface area contributed by atoms with Gasteiger partial charge < -0.3 is 28.8 Å². The molecule has 0 aromatic carbocycles. The molecule has 0 rings (SSSR count). The predicted molar refractivity (Wildman–Crippen MR) is 279 cm³/mol. The number of carbonyl (C=O) groups excluding carboxylic acids is 1. The maximum atomic E-state index is 12.9. The van der Waals surface area contributed by atoms with Crippen molar-refractivity contribution in [2.75, 3.05) is 40.9 Å². The molecule has 0 aromatic heterocycles. The molecule has 0 bridgehead atoms. The summed E-state index contributed by atoms with van der Waals surface area (Å²) in [7, 11) is 1.23. The maximum Gasteiger partial charge on any atom is 0.268 e. The van der Waals surface area contributed by atoms with E-state index in [4.69, 9.17) is 9.05 Å². The molecular formula is C56H103N2O6P. The van der Waals surface area contributed by atoms with E-state index in [1.165, 1.54) is 141 Å². The molecule has 8 nitrogen and oxygen atoms in total. The molecule has 0 aliphatic heterocycles. The van der Waals surface area contributed by atoms with Crippen LogP contribution >= 0.6 is 7.82 Å². The number of allylic oxidation sites excluding steroid dienone is 11. The molecule has 0 saturated heterocycles. The van der Waals surface area contributed by atoms with Crippen molar-refractivity contribution < 1.29 is 32.9 Å². The smallest absolute Gasteiger partial charge is 0.268 e. The largest absolute Gasteiger partial charge is 0.756 e. The number of unbranched alkanes of at least 4 members (excludes halogenated alkanes) is 25. The van der Waals surface area contributed by atoms with Gasteiger partial charge in [0.2, 0.25) is 5.91 Å². The minimum absolute atomic E-state index is 0.0111. The van der Waals surface area contributed by atoms with E-state index < -0.39 is 26.6 Å². The highest BCUT2D eigenvalue weighted by Crippen LogP contribution is 2.38. The quantitative estimate of drug-likeness (QED) is 0.0272. The first-order valence-corrected chi connectivity index (χ1v) is 28.3. The first-order valence-electron chi connectivity index (χ1n) is 26.8. The molecule has 0 aliphatic rings. The molecule has 0 spiro atoms. The van der Waals surface area contributed by atoms with Gasteiger partial charge in [-0.2, -0.15) is 0 Å².